The molecule has 27 heavy (non-hydrogen) atoms. The van der Waals surface area contributed by atoms with Gasteiger partial charge in [0.25, 0.3) is 5.91 Å². The van der Waals surface area contributed by atoms with Gasteiger partial charge in [-0.25, -0.2) is 9.97 Å². The number of fused-ring (bicyclic) bond motifs is 1. The highest BCUT2D eigenvalue weighted by molar-refractivity contribution is 5.96. The average Bonchev–Trinajstić information content (AvgIpc) is 3.08. The van der Waals surface area contributed by atoms with Crippen LogP contribution in [0, 0.1) is 0 Å². The quantitative estimate of drug-likeness (QED) is 0.866. The van der Waals surface area contributed by atoms with Crippen molar-refractivity contribution in [3.05, 3.63) is 24.2 Å². The van der Waals surface area contributed by atoms with E-state index in [1.54, 1.807) is 23.5 Å². The van der Waals surface area contributed by atoms with Gasteiger partial charge < -0.3 is 15.2 Å². The van der Waals surface area contributed by atoms with Gasteiger partial charge in [0.1, 0.15) is 11.1 Å². The zero-order chi connectivity index (χ0) is 19.0. The van der Waals surface area contributed by atoms with Crippen molar-refractivity contribution in [2.45, 2.75) is 37.6 Å². The van der Waals surface area contributed by atoms with E-state index in [4.69, 9.17) is 5.73 Å². The molecule has 2 aliphatic heterocycles. The first kappa shape index (κ1) is 17.9. The van der Waals surface area contributed by atoms with Crippen LogP contribution in [0.4, 0.5) is 0 Å². The monoisotopic (exact) mass is 370 g/mol. The maximum Gasteiger partial charge on any atom is 0.255 e. The SMILES string of the molecule is Cn1cnc2cc(C(=O)N3CCC(C(N)=O)(N4CCCCC4)CC3)cnc21. The Hall–Kier alpha value is -2.48. The second kappa shape index (κ2) is 6.92. The zero-order valence-corrected chi connectivity index (χ0v) is 15.7. The fourth-order valence-corrected chi connectivity index (χ4v) is 4.44. The smallest absolute Gasteiger partial charge is 0.255 e. The van der Waals surface area contributed by atoms with Crippen molar-refractivity contribution < 1.29 is 9.59 Å². The van der Waals surface area contributed by atoms with Gasteiger partial charge in [-0.1, -0.05) is 6.42 Å². The Morgan fingerprint density at radius 3 is 2.44 bits per heavy atom. The third-order valence-electron chi connectivity index (χ3n) is 6.10. The molecule has 0 atom stereocenters. The van der Waals surface area contributed by atoms with E-state index in [9.17, 15) is 9.59 Å². The topological polar surface area (TPSA) is 97.3 Å². The van der Waals surface area contributed by atoms with Gasteiger partial charge in [0.05, 0.1) is 11.9 Å². The molecule has 2 aliphatic rings. The molecule has 2 amide bonds. The highest BCUT2D eigenvalue weighted by Crippen LogP contribution is 2.32. The van der Waals surface area contributed by atoms with Crippen LogP contribution in [0.25, 0.3) is 11.2 Å². The van der Waals surface area contributed by atoms with Crippen molar-refractivity contribution in [1.29, 1.82) is 0 Å². The van der Waals surface area contributed by atoms with Gasteiger partial charge in [0.2, 0.25) is 5.91 Å². The molecule has 2 aromatic heterocycles. The number of nitrogens with two attached hydrogens (primary N) is 1. The first-order valence-corrected chi connectivity index (χ1v) is 9.62. The Balaban J connectivity index is 1.49. The van der Waals surface area contributed by atoms with Crippen LogP contribution >= 0.6 is 0 Å². The number of carbonyl (C=O) groups excluding carboxylic acids is 2. The predicted octanol–water partition coefficient (Wildman–Crippen LogP) is 0.914. The molecule has 144 valence electrons. The highest BCUT2D eigenvalue weighted by atomic mass is 16.2. The summed E-state index contributed by atoms with van der Waals surface area (Å²) in [6.45, 7) is 2.88. The third kappa shape index (κ3) is 3.07. The van der Waals surface area contributed by atoms with Crippen LogP contribution < -0.4 is 5.73 Å². The van der Waals surface area contributed by atoms with Gasteiger partial charge in [-0.3, -0.25) is 14.5 Å². The first-order chi connectivity index (χ1) is 13.0. The summed E-state index contributed by atoms with van der Waals surface area (Å²) in [4.78, 5) is 37.9. The molecular weight excluding hydrogens is 344 g/mol. The number of nitrogens with zero attached hydrogens (tertiary/aromatic N) is 5. The van der Waals surface area contributed by atoms with Gasteiger partial charge in [0, 0.05) is 26.3 Å². The molecule has 2 N–H and O–H groups in total. The Kier molecular flexibility index (Phi) is 4.59. The summed E-state index contributed by atoms with van der Waals surface area (Å²) in [7, 11) is 1.87. The molecule has 2 fully saturated rings. The molecule has 8 nitrogen and oxygen atoms in total. The van der Waals surface area contributed by atoms with Crippen LogP contribution in [-0.2, 0) is 11.8 Å². The van der Waals surface area contributed by atoms with Crippen LogP contribution in [0.5, 0.6) is 0 Å². The summed E-state index contributed by atoms with van der Waals surface area (Å²) in [5.74, 6) is -0.320. The predicted molar refractivity (Wildman–Crippen MR) is 101 cm³/mol. The molecule has 0 radical (unpaired) electrons. The lowest BCUT2D eigenvalue weighted by Crippen LogP contribution is -2.63. The number of hydrogen-bond donors (Lipinski definition) is 1. The number of rotatable bonds is 3. The average molecular weight is 370 g/mol. The van der Waals surface area contributed by atoms with E-state index in [0.717, 1.165) is 31.6 Å². The van der Waals surface area contributed by atoms with Crippen molar-refractivity contribution in [3.8, 4) is 0 Å². The molecule has 0 spiro atoms. The van der Waals surface area contributed by atoms with Crippen molar-refractivity contribution in [1.82, 2.24) is 24.3 Å². The molecule has 0 saturated carbocycles. The van der Waals surface area contributed by atoms with E-state index in [2.05, 4.69) is 14.9 Å². The lowest BCUT2D eigenvalue weighted by molar-refractivity contribution is -0.134. The van der Waals surface area contributed by atoms with Crippen LogP contribution in [0.2, 0.25) is 0 Å². The van der Waals surface area contributed by atoms with Crippen LogP contribution in [0.1, 0.15) is 42.5 Å². The van der Waals surface area contributed by atoms with Gasteiger partial charge in [-0.15, -0.1) is 0 Å². The lowest BCUT2D eigenvalue weighted by atomic mass is 9.83. The molecule has 0 bridgehead atoms. The largest absolute Gasteiger partial charge is 0.368 e. The number of likely N-dealkylation sites (tertiary alicyclic amines) is 2. The number of aryl methyl sites for hydroxylation is 1. The van der Waals surface area contributed by atoms with Crippen molar-refractivity contribution in [3.63, 3.8) is 0 Å². The third-order valence-corrected chi connectivity index (χ3v) is 6.10. The minimum atomic E-state index is -0.611. The summed E-state index contributed by atoms with van der Waals surface area (Å²) < 4.78 is 1.82. The number of primary amides is 1. The van der Waals surface area contributed by atoms with Crippen LogP contribution in [0.15, 0.2) is 18.6 Å². The van der Waals surface area contributed by atoms with E-state index >= 15 is 0 Å². The second-order valence-electron chi connectivity index (χ2n) is 7.66. The number of pyridine rings is 1. The fraction of sp³-hybridized carbons (Fsp3) is 0.579. The number of hydrogen-bond acceptors (Lipinski definition) is 5. The van der Waals surface area contributed by atoms with Gasteiger partial charge in [-0.2, -0.15) is 0 Å². The molecule has 4 heterocycles. The van der Waals surface area contributed by atoms with E-state index < -0.39 is 5.54 Å². The molecule has 2 saturated heterocycles. The van der Waals surface area contributed by atoms with Crippen LogP contribution in [0.3, 0.4) is 0 Å². The normalized spacial score (nSPS) is 20.7. The maximum absolute atomic E-state index is 12.9. The van der Waals surface area contributed by atoms with E-state index in [1.807, 2.05) is 11.6 Å². The number of carbonyl (C=O) groups is 2. The van der Waals surface area contributed by atoms with E-state index in [1.165, 1.54) is 6.42 Å². The van der Waals surface area contributed by atoms with Gasteiger partial charge >= 0.3 is 0 Å². The molecule has 2 aromatic rings. The Bertz CT molecular complexity index is 862. The summed E-state index contributed by atoms with van der Waals surface area (Å²) in [6.07, 6.45) is 7.89. The van der Waals surface area contributed by atoms with Gasteiger partial charge in [-0.05, 0) is 44.8 Å². The Morgan fingerprint density at radius 1 is 1.07 bits per heavy atom. The number of imidazole rings is 1. The Labute approximate surface area is 158 Å². The second-order valence-corrected chi connectivity index (χ2v) is 7.66. The van der Waals surface area contributed by atoms with Gasteiger partial charge in [0.15, 0.2) is 5.65 Å². The molecule has 0 aliphatic carbocycles. The minimum absolute atomic E-state index is 0.0632. The molecule has 4 rings (SSSR count). The minimum Gasteiger partial charge on any atom is -0.368 e. The van der Waals surface area contributed by atoms with Crippen molar-refractivity contribution in [2.75, 3.05) is 26.2 Å². The van der Waals surface area contributed by atoms with Crippen molar-refractivity contribution >= 4 is 23.0 Å². The van der Waals surface area contributed by atoms with Crippen molar-refractivity contribution in [2.24, 2.45) is 12.8 Å². The lowest BCUT2D eigenvalue weighted by Gasteiger charge is -2.48. The highest BCUT2D eigenvalue weighted by Gasteiger charge is 2.45. The molecular formula is C19H26N6O2. The summed E-state index contributed by atoms with van der Waals surface area (Å²) in [6, 6.07) is 1.78. The maximum atomic E-state index is 12.9. The zero-order valence-electron chi connectivity index (χ0n) is 15.7. The summed E-state index contributed by atoms with van der Waals surface area (Å²) >= 11 is 0. The van der Waals surface area contributed by atoms with E-state index in [0.29, 0.717) is 37.0 Å². The van der Waals surface area contributed by atoms with E-state index in [-0.39, 0.29) is 11.8 Å². The molecule has 8 heteroatoms. The molecule has 0 aromatic carbocycles. The van der Waals surface area contributed by atoms with Crippen LogP contribution in [-0.4, -0.2) is 67.9 Å². The Morgan fingerprint density at radius 2 is 1.78 bits per heavy atom. The standard InChI is InChI=1S/C19H26N6O2/c1-23-13-22-15-11-14(12-21-16(15)23)17(26)24-9-5-19(6-10-24,18(20)27)25-7-3-2-4-8-25/h11-13H,2-10H2,1H3,(H2,20,27). The summed E-state index contributed by atoms with van der Waals surface area (Å²) in [5, 5.41) is 0. The molecule has 0 unspecified atom stereocenters. The first-order valence-electron chi connectivity index (χ1n) is 9.62. The number of aromatic nitrogens is 3. The fourth-order valence-electron chi connectivity index (χ4n) is 4.44. The number of piperidine rings is 2. The summed E-state index contributed by atoms with van der Waals surface area (Å²) in [5.41, 5.74) is 7.21. The number of amides is 2.